The molecular formula is C21H23N5OS. The second-order valence-corrected chi connectivity index (χ2v) is 7.96. The van der Waals surface area contributed by atoms with Crippen molar-refractivity contribution in [3.8, 4) is 10.6 Å². The maximum atomic E-state index is 12.5. The molecule has 144 valence electrons. The van der Waals surface area contributed by atoms with Crippen molar-refractivity contribution in [2.45, 2.75) is 25.7 Å². The van der Waals surface area contributed by atoms with Gasteiger partial charge in [0.25, 0.3) is 0 Å². The van der Waals surface area contributed by atoms with E-state index < -0.39 is 0 Å². The van der Waals surface area contributed by atoms with E-state index in [0.29, 0.717) is 6.54 Å². The van der Waals surface area contributed by atoms with Crippen LogP contribution in [0, 0.1) is 5.92 Å². The Balaban J connectivity index is 1.25. The number of amides is 1. The van der Waals surface area contributed by atoms with Crippen molar-refractivity contribution in [1.29, 1.82) is 0 Å². The molecule has 1 atom stereocenters. The van der Waals surface area contributed by atoms with Gasteiger partial charge in [0.05, 0.1) is 11.4 Å². The zero-order chi connectivity index (χ0) is 19.2. The van der Waals surface area contributed by atoms with E-state index >= 15 is 0 Å². The molecule has 0 saturated carbocycles. The lowest BCUT2D eigenvalue weighted by molar-refractivity contribution is -0.125. The molecule has 0 fully saturated rings. The van der Waals surface area contributed by atoms with E-state index in [1.165, 1.54) is 4.88 Å². The molecule has 3 aromatic rings. The van der Waals surface area contributed by atoms with Crippen molar-refractivity contribution in [1.82, 2.24) is 20.3 Å². The summed E-state index contributed by atoms with van der Waals surface area (Å²) in [5.41, 5.74) is 3.18. The highest BCUT2D eigenvalue weighted by Crippen LogP contribution is 2.34. The maximum absolute atomic E-state index is 12.5. The lowest BCUT2D eigenvalue weighted by atomic mass is 9.90. The molecule has 2 N–H and O–H groups in total. The third-order valence-electron chi connectivity index (χ3n) is 4.88. The number of carbonyl (C=O) groups is 1. The summed E-state index contributed by atoms with van der Waals surface area (Å²) in [7, 11) is 0. The molecule has 28 heavy (non-hydrogen) atoms. The monoisotopic (exact) mass is 393 g/mol. The molecule has 0 saturated heterocycles. The number of carbonyl (C=O) groups excluding carboxylic acids is 1. The molecule has 1 aliphatic rings. The average Bonchev–Trinajstić information content (AvgIpc) is 3.18. The number of anilines is 1. The Kier molecular flexibility index (Phi) is 5.92. The van der Waals surface area contributed by atoms with Gasteiger partial charge >= 0.3 is 0 Å². The summed E-state index contributed by atoms with van der Waals surface area (Å²) in [4.78, 5) is 26.8. The van der Waals surface area contributed by atoms with Crippen molar-refractivity contribution in [3.63, 3.8) is 0 Å². The molecular weight excluding hydrogens is 370 g/mol. The number of fused-ring (bicyclic) bond motifs is 1. The number of aryl methyl sites for hydroxylation is 1. The van der Waals surface area contributed by atoms with Gasteiger partial charge in [0, 0.05) is 60.7 Å². The van der Waals surface area contributed by atoms with Gasteiger partial charge in [-0.05, 0) is 43.5 Å². The number of aromatic nitrogens is 3. The van der Waals surface area contributed by atoms with Gasteiger partial charge in [-0.2, -0.15) is 0 Å². The van der Waals surface area contributed by atoms with E-state index in [9.17, 15) is 4.79 Å². The number of thiazole rings is 1. The van der Waals surface area contributed by atoms with Crippen molar-refractivity contribution >= 4 is 22.9 Å². The van der Waals surface area contributed by atoms with Crippen molar-refractivity contribution in [2.75, 3.05) is 18.4 Å². The topological polar surface area (TPSA) is 79.8 Å². The summed E-state index contributed by atoms with van der Waals surface area (Å²) < 4.78 is 0. The van der Waals surface area contributed by atoms with Crippen LogP contribution in [0.3, 0.4) is 0 Å². The molecule has 0 aromatic carbocycles. The standard InChI is InChI=1S/C21H23N5OS/c27-20(25-10-2-9-24-17-3-1-8-23-14-17)16-4-5-19-18(13-16)26-21(28-19)15-6-11-22-12-7-15/h1,3,6-8,11-12,14,16,24H,2,4-5,9-10,13H2,(H,25,27). The van der Waals surface area contributed by atoms with Crippen LogP contribution in [0.2, 0.25) is 0 Å². The molecule has 0 radical (unpaired) electrons. The highest BCUT2D eigenvalue weighted by Gasteiger charge is 2.27. The molecule has 3 aromatic heterocycles. The van der Waals surface area contributed by atoms with Crippen LogP contribution in [-0.4, -0.2) is 33.9 Å². The van der Waals surface area contributed by atoms with Crippen LogP contribution in [0.5, 0.6) is 0 Å². The minimum Gasteiger partial charge on any atom is -0.384 e. The molecule has 6 nitrogen and oxygen atoms in total. The molecule has 3 heterocycles. The molecule has 7 heteroatoms. The van der Waals surface area contributed by atoms with Crippen LogP contribution in [0.1, 0.15) is 23.4 Å². The van der Waals surface area contributed by atoms with Gasteiger partial charge in [0.2, 0.25) is 5.91 Å². The van der Waals surface area contributed by atoms with E-state index in [0.717, 1.165) is 54.2 Å². The highest BCUT2D eigenvalue weighted by atomic mass is 32.1. The largest absolute Gasteiger partial charge is 0.384 e. The quantitative estimate of drug-likeness (QED) is 0.602. The van der Waals surface area contributed by atoms with Gasteiger partial charge < -0.3 is 10.6 Å². The van der Waals surface area contributed by atoms with Gasteiger partial charge in [-0.3, -0.25) is 14.8 Å². The Morgan fingerprint density at radius 3 is 2.86 bits per heavy atom. The molecule has 1 amide bonds. The van der Waals surface area contributed by atoms with Crippen LogP contribution in [0.15, 0.2) is 49.1 Å². The summed E-state index contributed by atoms with van der Waals surface area (Å²) in [6, 6.07) is 7.85. The number of hydrogen-bond donors (Lipinski definition) is 2. The number of rotatable bonds is 7. The molecule has 1 unspecified atom stereocenters. The third-order valence-corrected chi connectivity index (χ3v) is 6.09. The molecule has 1 aliphatic carbocycles. The Bertz CT molecular complexity index is 913. The van der Waals surface area contributed by atoms with Crippen LogP contribution < -0.4 is 10.6 Å². The minimum absolute atomic E-state index is 0.0196. The predicted molar refractivity (Wildman–Crippen MR) is 111 cm³/mol. The number of nitrogens with one attached hydrogen (secondary N) is 2. The van der Waals surface area contributed by atoms with Gasteiger partial charge in [-0.15, -0.1) is 11.3 Å². The van der Waals surface area contributed by atoms with Crippen molar-refractivity contribution < 1.29 is 4.79 Å². The first-order valence-corrected chi connectivity index (χ1v) is 10.4. The van der Waals surface area contributed by atoms with Gasteiger partial charge in [-0.1, -0.05) is 0 Å². The van der Waals surface area contributed by atoms with Gasteiger partial charge in [-0.25, -0.2) is 4.98 Å². The van der Waals surface area contributed by atoms with E-state index in [-0.39, 0.29) is 11.8 Å². The fourth-order valence-electron chi connectivity index (χ4n) is 3.37. The molecule has 0 spiro atoms. The van der Waals surface area contributed by atoms with E-state index in [2.05, 4.69) is 20.6 Å². The molecule has 0 bridgehead atoms. The lowest BCUT2D eigenvalue weighted by Crippen LogP contribution is -2.35. The fourth-order valence-corrected chi connectivity index (χ4v) is 4.47. The first-order valence-electron chi connectivity index (χ1n) is 9.60. The average molecular weight is 394 g/mol. The normalized spacial score (nSPS) is 15.6. The Morgan fingerprint density at radius 2 is 2.04 bits per heavy atom. The van der Waals surface area contributed by atoms with Crippen molar-refractivity contribution in [2.24, 2.45) is 5.92 Å². The predicted octanol–water partition coefficient (Wildman–Crippen LogP) is 3.32. The summed E-state index contributed by atoms with van der Waals surface area (Å²) in [5, 5.41) is 7.41. The summed E-state index contributed by atoms with van der Waals surface area (Å²) in [5.74, 6) is 0.164. The maximum Gasteiger partial charge on any atom is 0.223 e. The summed E-state index contributed by atoms with van der Waals surface area (Å²) >= 11 is 1.74. The first-order chi connectivity index (χ1) is 13.8. The second-order valence-electron chi connectivity index (χ2n) is 6.88. The summed E-state index contributed by atoms with van der Waals surface area (Å²) in [6.45, 7) is 1.48. The Morgan fingerprint density at radius 1 is 1.14 bits per heavy atom. The second kappa shape index (κ2) is 8.93. The van der Waals surface area contributed by atoms with Crippen molar-refractivity contribution in [3.05, 3.63) is 59.6 Å². The Labute approximate surface area is 168 Å². The van der Waals surface area contributed by atoms with E-state index in [4.69, 9.17) is 4.98 Å². The molecule has 4 rings (SSSR count). The first kappa shape index (κ1) is 18.6. The van der Waals surface area contributed by atoms with Crippen LogP contribution in [0.25, 0.3) is 10.6 Å². The highest BCUT2D eigenvalue weighted by molar-refractivity contribution is 7.15. The number of pyridine rings is 2. The number of nitrogens with zero attached hydrogens (tertiary/aromatic N) is 3. The Hall–Kier alpha value is -2.80. The fraction of sp³-hybridized carbons (Fsp3) is 0.333. The zero-order valence-corrected chi connectivity index (χ0v) is 16.4. The van der Waals surface area contributed by atoms with Crippen LogP contribution in [0.4, 0.5) is 5.69 Å². The van der Waals surface area contributed by atoms with Gasteiger partial charge in [0.1, 0.15) is 5.01 Å². The SMILES string of the molecule is O=C(NCCCNc1cccnc1)C1CCc2sc(-c3ccncc3)nc2C1. The minimum atomic E-state index is 0.0196. The van der Waals surface area contributed by atoms with Crippen LogP contribution in [-0.2, 0) is 17.6 Å². The summed E-state index contributed by atoms with van der Waals surface area (Å²) in [6.07, 6.45) is 10.6. The molecule has 0 aliphatic heterocycles. The lowest BCUT2D eigenvalue weighted by Gasteiger charge is -2.20. The van der Waals surface area contributed by atoms with Crippen LogP contribution >= 0.6 is 11.3 Å². The third kappa shape index (κ3) is 4.54. The zero-order valence-electron chi connectivity index (χ0n) is 15.6. The van der Waals surface area contributed by atoms with Gasteiger partial charge in [0.15, 0.2) is 0 Å². The van der Waals surface area contributed by atoms with E-state index in [1.54, 1.807) is 36.1 Å². The number of hydrogen-bond acceptors (Lipinski definition) is 6. The van der Waals surface area contributed by atoms with E-state index in [1.807, 2.05) is 24.3 Å². The smallest absolute Gasteiger partial charge is 0.223 e.